The number of urea groups is 1. The molecular formula is C25H32ClN5O2. The van der Waals surface area contributed by atoms with Crippen molar-refractivity contribution in [1.82, 2.24) is 15.1 Å². The van der Waals surface area contributed by atoms with E-state index in [9.17, 15) is 9.90 Å². The highest BCUT2D eigenvalue weighted by Crippen LogP contribution is 2.46. The first kappa shape index (κ1) is 23.4. The van der Waals surface area contributed by atoms with Crippen molar-refractivity contribution >= 4 is 39.9 Å². The van der Waals surface area contributed by atoms with Crippen molar-refractivity contribution in [3.05, 3.63) is 53.2 Å². The number of amides is 2. The van der Waals surface area contributed by atoms with Gasteiger partial charge in [-0.2, -0.15) is 5.10 Å². The van der Waals surface area contributed by atoms with Gasteiger partial charge in [-0.15, -0.1) is 0 Å². The van der Waals surface area contributed by atoms with Gasteiger partial charge in [0.05, 0.1) is 17.8 Å². The standard InChI is InChI=1S/C25H32ClN5O2/c1-25(2,23(32)21-14-18(26)13-16-15-27-29-22(16)21)17-9-11-31(12-10-17)24(33)28-19-5-7-20(8-6-19)30(3)4/h5-8,13-15,17,23,32H,9-12H2,1-4H3,(H,27,29)(H,28,33). The average molecular weight is 470 g/mol. The number of aromatic nitrogens is 2. The Morgan fingerprint density at radius 1 is 1.24 bits per heavy atom. The number of aromatic amines is 1. The summed E-state index contributed by atoms with van der Waals surface area (Å²) >= 11 is 6.30. The van der Waals surface area contributed by atoms with Crippen LogP contribution in [0.5, 0.6) is 0 Å². The fourth-order valence-corrected chi connectivity index (χ4v) is 4.99. The van der Waals surface area contributed by atoms with Crippen molar-refractivity contribution in [2.45, 2.75) is 32.8 Å². The van der Waals surface area contributed by atoms with Crippen molar-refractivity contribution in [3.63, 3.8) is 0 Å². The van der Waals surface area contributed by atoms with E-state index in [1.807, 2.05) is 60.3 Å². The largest absolute Gasteiger partial charge is 0.388 e. The molecule has 2 aromatic carbocycles. The minimum atomic E-state index is -0.709. The Bertz CT molecular complexity index is 1120. The van der Waals surface area contributed by atoms with Crippen molar-refractivity contribution in [1.29, 1.82) is 0 Å². The fourth-order valence-electron chi connectivity index (χ4n) is 4.76. The van der Waals surface area contributed by atoms with Crippen LogP contribution in [0.3, 0.4) is 0 Å². The topological polar surface area (TPSA) is 84.5 Å². The summed E-state index contributed by atoms with van der Waals surface area (Å²) in [5.74, 6) is 0.257. The second-order valence-electron chi connectivity index (χ2n) is 9.69. The van der Waals surface area contributed by atoms with Crippen LogP contribution in [-0.2, 0) is 0 Å². The summed E-state index contributed by atoms with van der Waals surface area (Å²) in [7, 11) is 3.97. The number of nitrogens with zero attached hydrogens (tertiary/aromatic N) is 3. The second-order valence-corrected chi connectivity index (χ2v) is 10.1. The van der Waals surface area contributed by atoms with Crippen LogP contribution in [0.2, 0.25) is 5.02 Å². The molecule has 1 unspecified atom stereocenters. The number of hydrogen-bond acceptors (Lipinski definition) is 4. The number of anilines is 2. The highest BCUT2D eigenvalue weighted by Gasteiger charge is 2.40. The van der Waals surface area contributed by atoms with Gasteiger partial charge >= 0.3 is 6.03 Å². The van der Waals surface area contributed by atoms with E-state index in [0.29, 0.717) is 18.1 Å². The molecule has 0 radical (unpaired) electrons. The van der Waals surface area contributed by atoms with Crippen LogP contribution in [0.4, 0.5) is 16.2 Å². The molecule has 1 fully saturated rings. The number of hydrogen-bond donors (Lipinski definition) is 3. The summed E-state index contributed by atoms with van der Waals surface area (Å²) in [5.41, 5.74) is 3.06. The quantitative estimate of drug-likeness (QED) is 0.474. The zero-order valence-electron chi connectivity index (χ0n) is 19.6. The molecule has 176 valence electrons. The third-order valence-electron chi connectivity index (χ3n) is 7.01. The number of aliphatic hydroxyl groups excluding tert-OH is 1. The Labute approximate surface area is 199 Å². The van der Waals surface area contributed by atoms with Crippen LogP contribution in [-0.4, -0.2) is 53.4 Å². The molecule has 1 aromatic heterocycles. The van der Waals surface area contributed by atoms with Crippen molar-refractivity contribution in [3.8, 4) is 0 Å². The Morgan fingerprint density at radius 3 is 2.55 bits per heavy atom. The number of nitrogens with one attached hydrogen (secondary N) is 2. The first-order valence-electron chi connectivity index (χ1n) is 11.3. The number of aliphatic hydroxyl groups is 1. The number of H-pyrrole nitrogens is 1. The molecule has 8 heteroatoms. The van der Waals surface area contributed by atoms with Gasteiger partial charge in [0, 0.05) is 54.5 Å². The van der Waals surface area contributed by atoms with Crippen molar-refractivity contribution < 1.29 is 9.90 Å². The molecule has 0 aliphatic carbocycles. The van der Waals surface area contributed by atoms with Crippen molar-refractivity contribution in [2.24, 2.45) is 11.3 Å². The lowest BCUT2D eigenvalue weighted by Gasteiger charge is -2.43. The number of carbonyl (C=O) groups excluding carboxylic acids is 1. The Morgan fingerprint density at radius 2 is 1.91 bits per heavy atom. The van der Waals surface area contributed by atoms with Gasteiger partial charge in [-0.3, -0.25) is 5.10 Å². The predicted molar refractivity (Wildman–Crippen MR) is 134 cm³/mol. The average Bonchev–Trinajstić information content (AvgIpc) is 3.26. The van der Waals surface area contributed by atoms with Gasteiger partial charge in [-0.05, 0) is 60.6 Å². The number of benzene rings is 2. The molecule has 1 aliphatic heterocycles. The minimum Gasteiger partial charge on any atom is -0.388 e. The summed E-state index contributed by atoms with van der Waals surface area (Å²) in [6, 6.07) is 11.4. The van der Waals surface area contributed by atoms with Crippen LogP contribution < -0.4 is 10.2 Å². The first-order chi connectivity index (χ1) is 15.7. The van der Waals surface area contributed by atoms with E-state index >= 15 is 0 Å². The van der Waals surface area contributed by atoms with Gasteiger partial charge in [-0.1, -0.05) is 25.4 Å². The highest BCUT2D eigenvalue weighted by molar-refractivity contribution is 6.31. The molecule has 0 bridgehead atoms. The van der Waals surface area contributed by atoms with Gasteiger partial charge in [0.25, 0.3) is 0 Å². The normalized spacial score (nSPS) is 16.1. The van der Waals surface area contributed by atoms with Gasteiger partial charge in [0.15, 0.2) is 0 Å². The van der Waals surface area contributed by atoms with E-state index in [1.54, 1.807) is 6.20 Å². The van der Waals surface area contributed by atoms with Crippen LogP contribution in [0.1, 0.15) is 38.4 Å². The minimum absolute atomic E-state index is 0.0848. The number of rotatable bonds is 5. The van der Waals surface area contributed by atoms with Gasteiger partial charge in [0.2, 0.25) is 0 Å². The summed E-state index contributed by atoms with van der Waals surface area (Å²) in [6.07, 6.45) is 2.66. The van der Waals surface area contributed by atoms with E-state index < -0.39 is 11.5 Å². The molecule has 2 heterocycles. The first-order valence-corrected chi connectivity index (χ1v) is 11.7. The summed E-state index contributed by atoms with van der Waals surface area (Å²) in [5, 5.41) is 22.9. The van der Waals surface area contributed by atoms with Gasteiger partial charge in [-0.25, -0.2) is 4.79 Å². The molecule has 3 N–H and O–H groups in total. The Kier molecular flexibility index (Phi) is 6.54. The zero-order valence-corrected chi connectivity index (χ0v) is 20.4. The number of likely N-dealkylation sites (tertiary alicyclic amines) is 1. The molecule has 0 saturated carbocycles. The maximum atomic E-state index is 12.8. The highest BCUT2D eigenvalue weighted by atomic mass is 35.5. The number of carbonyl (C=O) groups is 1. The summed E-state index contributed by atoms with van der Waals surface area (Å²) < 4.78 is 0. The maximum absolute atomic E-state index is 12.8. The predicted octanol–water partition coefficient (Wildman–Crippen LogP) is 5.29. The van der Waals surface area contributed by atoms with E-state index in [0.717, 1.165) is 40.7 Å². The number of halogens is 1. The molecule has 4 rings (SSSR count). The zero-order chi connectivity index (χ0) is 23.8. The summed E-state index contributed by atoms with van der Waals surface area (Å²) in [6.45, 7) is 5.48. The lowest BCUT2D eigenvalue weighted by Crippen LogP contribution is -2.45. The second kappa shape index (κ2) is 9.23. The third kappa shape index (κ3) is 4.80. The smallest absolute Gasteiger partial charge is 0.321 e. The molecule has 3 aromatic rings. The molecule has 1 aliphatic rings. The lowest BCUT2D eigenvalue weighted by molar-refractivity contribution is -0.0138. The van der Waals surface area contributed by atoms with E-state index in [4.69, 9.17) is 11.6 Å². The third-order valence-corrected chi connectivity index (χ3v) is 7.23. The van der Waals surface area contributed by atoms with E-state index in [1.165, 1.54) is 0 Å². The van der Waals surface area contributed by atoms with Gasteiger partial charge in [0.1, 0.15) is 0 Å². The molecule has 1 atom stereocenters. The molecule has 0 spiro atoms. The van der Waals surface area contributed by atoms with Crippen LogP contribution in [0, 0.1) is 11.3 Å². The van der Waals surface area contributed by atoms with Crippen LogP contribution in [0.15, 0.2) is 42.6 Å². The van der Waals surface area contributed by atoms with E-state index in [2.05, 4.69) is 29.4 Å². The molecular weight excluding hydrogens is 438 g/mol. The monoisotopic (exact) mass is 469 g/mol. The molecule has 2 amide bonds. The van der Waals surface area contributed by atoms with E-state index in [-0.39, 0.29) is 11.9 Å². The van der Waals surface area contributed by atoms with Crippen molar-refractivity contribution in [2.75, 3.05) is 37.4 Å². The number of piperidine rings is 1. The van der Waals surface area contributed by atoms with Gasteiger partial charge < -0.3 is 20.2 Å². The fraction of sp³-hybridized carbons (Fsp3) is 0.440. The maximum Gasteiger partial charge on any atom is 0.321 e. The molecule has 33 heavy (non-hydrogen) atoms. The van der Waals surface area contributed by atoms with Crippen LogP contribution in [0.25, 0.3) is 10.9 Å². The SMILES string of the molecule is CN(C)c1ccc(NC(=O)N2CCC(C(C)(C)C(O)c3cc(Cl)cc4cn[nH]c34)CC2)cc1. The Hall–Kier alpha value is -2.77. The molecule has 1 saturated heterocycles. The van der Waals surface area contributed by atoms with Crippen LogP contribution >= 0.6 is 11.6 Å². The number of fused-ring (bicyclic) bond motifs is 1. The molecule has 7 nitrogen and oxygen atoms in total. The lowest BCUT2D eigenvalue weighted by atomic mass is 9.68. The summed E-state index contributed by atoms with van der Waals surface area (Å²) in [4.78, 5) is 16.7. The Balaban J connectivity index is 1.40.